The lowest BCUT2D eigenvalue weighted by molar-refractivity contribution is -0.154. The minimum Gasteiger partial charge on any atom is -0.361 e. The summed E-state index contributed by atoms with van der Waals surface area (Å²) in [6.07, 6.45) is -0.860. The van der Waals surface area contributed by atoms with E-state index in [4.69, 9.17) is 17.0 Å². The molecule has 0 radical (unpaired) electrons. The monoisotopic (exact) mass is 335 g/mol. The van der Waals surface area contributed by atoms with Gasteiger partial charge in [0.2, 0.25) is 11.8 Å². The average molecular weight is 335 g/mol. The summed E-state index contributed by atoms with van der Waals surface area (Å²) in [5.74, 6) is -1.85. The number of hydrogen-bond acceptors (Lipinski definition) is 5. The van der Waals surface area contributed by atoms with Crippen LogP contribution in [0.3, 0.4) is 0 Å². The predicted octanol–water partition coefficient (Wildman–Crippen LogP) is 1.62. The van der Waals surface area contributed by atoms with Gasteiger partial charge in [-0.25, -0.2) is 0 Å². The Morgan fingerprint density at radius 1 is 1.22 bits per heavy atom. The molecular weight excluding hydrogens is 314 g/mol. The minimum atomic E-state index is -1.06. The molecule has 1 saturated heterocycles. The summed E-state index contributed by atoms with van der Waals surface area (Å²) < 4.78 is 5.93. The Bertz CT molecular complexity index is 621. The average Bonchev–Trinajstić information content (AvgIpc) is 2.70. The standard InChI is InChI=1S/C16H21N3O3S/c1-6-18-13(20)11(14(21)19(7-2)15(18)23)12-10(8-17)9(3)16(4,5)22-12/h11-12H,6-7H2,1-5H3. The lowest BCUT2D eigenvalue weighted by atomic mass is 9.89. The largest absolute Gasteiger partial charge is 0.361 e. The number of amides is 2. The Morgan fingerprint density at radius 2 is 1.70 bits per heavy atom. The third-order valence-corrected chi connectivity index (χ3v) is 5.04. The van der Waals surface area contributed by atoms with Gasteiger partial charge >= 0.3 is 0 Å². The summed E-state index contributed by atoms with van der Waals surface area (Å²) in [5.41, 5.74) is 0.439. The third kappa shape index (κ3) is 2.56. The molecule has 0 bridgehead atoms. The Hall–Kier alpha value is -1.78. The lowest BCUT2D eigenvalue weighted by Gasteiger charge is -2.40. The van der Waals surface area contributed by atoms with E-state index in [1.54, 1.807) is 20.8 Å². The third-order valence-electron chi connectivity index (χ3n) is 4.59. The van der Waals surface area contributed by atoms with Gasteiger partial charge in [0.15, 0.2) is 5.11 Å². The van der Waals surface area contributed by atoms with E-state index in [2.05, 4.69) is 6.07 Å². The van der Waals surface area contributed by atoms with Crippen molar-refractivity contribution in [1.29, 1.82) is 5.26 Å². The van der Waals surface area contributed by atoms with Crippen LogP contribution in [0.25, 0.3) is 0 Å². The van der Waals surface area contributed by atoms with E-state index in [0.717, 1.165) is 5.57 Å². The van der Waals surface area contributed by atoms with Crippen LogP contribution in [0.1, 0.15) is 34.6 Å². The highest BCUT2D eigenvalue weighted by Gasteiger charge is 2.52. The van der Waals surface area contributed by atoms with Crippen molar-refractivity contribution in [2.24, 2.45) is 5.92 Å². The maximum atomic E-state index is 12.8. The molecule has 124 valence electrons. The van der Waals surface area contributed by atoms with Gasteiger partial charge in [0.1, 0.15) is 12.0 Å². The highest BCUT2D eigenvalue weighted by molar-refractivity contribution is 7.80. The molecular formula is C16H21N3O3S. The second-order valence-electron chi connectivity index (χ2n) is 6.12. The fourth-order valence-corrected chi connectivity index (χ4v) is 3.44. The fraction of sp³-hybridized carbons (Fsp3) is 0.625. The first-order valence-electron chi connectivity index (χ1n) is 7.67. The van der Waals surface area contributed by atoms with E-state index in [1.165, 1.54) is 9.80 Å². The van der Waals surface area contributed by atoms with Gasteiger partial charge < -0.3 is 4.74 Å². The SMILES string of the molecule is CCN1C(=O)C(C2OC(C)(C)C(C)=C2C#N)C(=O)N(CC)C1=S. The van der Waals surface area contributed by atoms with Crippen molar-refractivity contribution in [3.63, 3.8) is 0 Å². The lowest BCUT2D eigenvalue weighted by Crippen LogP contribution is -2.62. The zero-order chi connectivity index (χ0) is 17.5. The van der Waals surface area contributed by atoms with Crippen LogP contribution in [0.15, 0.2) is 11.1 Å². The molecule has 2 aliphatic heterocycles. The second kappa shape index (κ2) is 6.02. The van der Waals surface area contributed by atoms with Gasteiger partial charge in [-0.15, -0.1) is 0 Å². The Labute approximate surface area is 141 Å². The minimum absolute atomic E-state index is 0.220. The van der Waals surface area contributed by atoms with Gasteiger partial charge in [-0.1, -0.05) is 0 Å². The number of hydrogen-bond donors (Lipinski definition) is 0. The summed E-state index contributed by atoms with van der Waals surface area (Å²) in [6.45, 7) is 9.81. The zero-order valence-electron chi connectivity index (χ0n) is 14.0. The molecule has 0 aromatic carbocycles. The van der Waals surface area contributed by atoms with Crippen molar-refractivity contribution >= 4 is 29.1 Å². The Kier molecular flexibility index (Phi) is 4.60. The van der Waals surface area contributed by atoms with E-state index in [9.17, 15) is 14.9 Å². The van der Waals surface area contributed by atoms with Crippen molar-refractivity contribution in [3.8, 4) is 6.07 Å². The second-order valence-corrected chi connectivity index (χ2v) is 6.49. The van der Waals surface area contributed by atoms with Crippen LogP contribution in [0.5, 0.6) is 0 Å². The molecule has 23 heavy (non-hydrogen) atoms. The van der Waals surface area contributed by atoms with Crippen LogP contribution < -0.4 is 0 Å². The molecule has 0 aliphatic carbocycles. The highest BCUT2D eigenvalue weighted by Crippen LogP contribution is 2.40. The summed E-state index contributed by atoms with van der Waals surface area (Å²) >= 11 is 5.25. The first-order chi connectivity index (χ1) is 10.7. The number of carbonyl (C=O) groups is 2. The molecule has 2 amide bonds. The van der Waals surface area contributed by atoms with E-state index < -0.39 is 29.4 Å². The molecule has 0 N–H and O–H groups in total. The quantitative estimate of drug-likeness (QED) is 0.579. The summed E-state index contributed by atoms with van der Waals surface area (Å²) in [5, 5.41) is 9.70. The normalized spacial score (nSPS) is 25.4. The summed E-state index contributed by atoms with van der Waals surface area (Å²) in [4.78, 5) is 28.4. The topological polar surface area (TPSA) is 73.6 Å². The van der Waals surface area contributed by atoms with Crippen molar-refractivity contribution in [3.05, 3.63) is 11.1 Å². The number of thiocarbonyl (C=S) groups is 1. The van der Waals surface area contributed by atoms with E-state index in [0.29, 0.717) is 18.7 Å². The number of carbonyl (C=O) groups excluding carboxylic acids is 2. The predicted molar refractivity (Wildman–Crippen MR) is 88.1 cm³/mol. The molecule has 1 atom stereocenters. The molecule has 1 fully saturated rings. The number of nitrogens with zero attached hydrogens (tertiary/aromatic N) is 3. The van der Waals surface area contributed by atoms with Gasteiger partial charge in [0, 0.05) is 13.1 Å². The van der Waals surface area contributed by atoms with Crippen molar-refractivity contribution in [2.75, 3.05) is 13.1 Å². The first kappa shape index (κ1) is 17.6. The molecule has 1 unspecified atom stereocenters. The molecule has 0 spiro atoms. The molecule has 0 aromatic rings. The maximum absolute atomic E-state index is 12.8. The summed E-state index contributed by atoms with van der Waals surface area (Å²) in [7, 11) is 0. The molecule has 7 heteroatoms. The zero-order valence-corrected chi connectivity index (χ0v) is 14.9. The Morgan fingerprint density at radius 3 is 2.09 bits per heavy atom. The van der Waals surface area contributed by atoms with Gasteiger partial charge in [-0.05, 0) is 52.4 Å². The number of ether oxygens (including phenoxy) is 1. The van der Waals surface area contributed by atoms with Crippen LogP contribution in [-0.4, -0.2) is 51.5 Å². The van der Waals surface area contributed by atoms with E-state index >= 15 is 0 Å². The number of rotatable bonds is 3. The van der Waals surface area contributed by atoms with Crippen LogP contribution in [0.4, 0.5) is 0 Å². The first-order valence-corrected chi connectivity index (χ1v) is 8.07. The fourth-order valence-electron chi connectivity index (χ4n) is 3.00. The molecule has 2 heterocycles. The van der Waals surface area contributed by atoms with Gasteiger partial charge in [0.25, 0.3) is 0 Å². The van der Waals surface area contributed by atoms with Crippen molar-refractivity contribution in [1.82, 2.24) is 9.80 Å². The molecule has 2 rings (SSSR count). The molecule has 6 nitrogen and oxygen atoms in total. The molecule has 0 saturated carbocycles. The van der Waals surface area contributed by atoms with Crippen LogP contribution >= 0.6 is 12.2 Å². The van der Waals surface area contributed by atoms with Gasteiger partial charge in [-0.2, -0.15) is 5.26 Å². The van der Waals surface area contributed by atoms with Crippen LogP contribution in [0.2, 0.25) is 0 Å². The molecule has 2 aliphatic rings. The Balaban J connectivity index is 2.50. The van der Waals surface area contributed by atoms with E-state index in [1.807, 2.05) is 13.8 Å². The smallest absolute Gasteiger partial charge is 0.244 e. The molecule has 0 aromatic heterocycles. The van der Waals surface area contributed by atoms with Crippen molar-refractivity contribution in [2.45, 2.75) is 46.3 Å². The van der Waals surface area contributed by atoms with Gasteiger partial charge in [-0.3, -0.25) is 19.4 Å². The number of nitriles is 1. The van der Waals surface area contributed by atoms with Crippen LogP contribution in [0, 0.1) is 17.2 Å². The highest BCUT2D eigenvalue weighted by atomic mass is 32.1. The van der Waals surface area contributed by atoms with Gasteiger partial charge in [0.05, 0.1) is 17.2 Å². The summed E-state index contributed by atoms with van der Waals surface area (Å²) in [6, 6.07) is 2.12. The van der Waals surface area contributed by atoms with Crippen LogP contribution in [-0.2, 0) is 14.3 Å². The van der Waals surface area contributed by atoms with Crippen molar-refractivity contribution < 1.29 is 14.3 Å². The maximum Gasteiger partial charge on any atom is 0.244 e. The van der Waals surface area contributed by atoms with E-state index in [-0.39, 0.29) is 5.11 Å².